The lowest BCUT2D eigenvalue weighted by atomic mass is 10.1. The number of hydrogen-bond donors (Lipinski definition) is 2. The number of rotatable bonds is 9. The maximum Gasteiger partial charge on any atom is 0.229 e. The zero-order valence-corrected chi connectivity index (χ0v) is 22.6. The number of amides is 1. The van der Waals surface area contributed by atoms with Crippen molar-refractivity contribution in [1.29, 1.82) is 0 Å². The number of halogens is 1. The molecule has 0 atom stereocenters. The van der Waals surface area contributed by atoms with Gasteiger partial charge in [0.1, 0.15) is 17.4 Å². The van der Waals surface area contributed by atoms with Crippen molar-refractivity contribution in [3.63, 3.8) is 0 Å². The molecule has 0 bridgehead atoms. The number of imidazole rings is 1. The molecule has 3 heterocycles. The fraction of sp³-hybridized carbons (Fsp3) is 0.310. The van der Waals surface area contributed by atoms with Gasteiger partial charge in [-0.25, -0.2) is 19.3 Å². The fourth-order valence-electron chi connectivity index (χ4n) is 4.36. The summed E-state index contributed by atoms with van der Waals surface area (Å²) in [6.45, 7) is 1.07. The molecule has 0 spiro atoms. The molecule has 2 aromatic carbocycles. The Balaban J connectivity index is 1.35. The summed E-state index contributed by atoms with van der Waals surface area (Å²) < 4.78 is 30.5. The molecule has 1 aliphatic heterocycles. The number of ether oxygens (including phenoxy) is 3. The second-order valence-corrected chi connectivity index (χ2v) is 9.61. The topological polar surface area (TPSA) is 114 Å². The van der Waals surface area contributed by atoms with E-state index in [4.69, 9.17) is 24.2 Å². The molecule has 4 aromatic rings. The second-order valence-electron chi connectivity index (χ2n) is 9.61. The molecular formula is C29H31FN6O4. The highest BCUT2D eigenvalue weighted by Gasteiger charge is 2.29. The molecule has 10 nitrogen and oxygen atoms in total. The number of H-pyrrole nitrogens is 1. The third-order valence-corrected chi connectivity index (χ3v) is 6.51. The lowest BCUT2D eigenvalue weighted by molar-refractivity contribution is -0.203. The van der Waals surface area contributed by atoms with Crippen LogP contribution in [0.15, 0.2) is 60.8 Å². The van der Waals surface area contributed by atoms with Gasteiger partial charge in [-0.15, -0.1) is 0 Å². The van der Waals surface area contributed by atoms with Gasteiger partial charge in [0.25, 0.3) is 0 Å². The first-order valence-corrected chi connectivity index (χ1v) is 12.9. The average Bonchev–Trinajstić information content (AvgIpc) is 3.40. The van der Waals surface area contributed by atoms with Crippen LogP contribution >= 0.6 is 0 Å². The fourth-order valence-corrected chi connectivity index (χ4v) is 4.36. The minimum Gasteiger partial charge on any atom is -0.497 e. The summed E-state index contributed by atoms with van der Waals surface area (Å²) in [5, 5.41) is 3.25. The maximum atomic E-state index is 13.7. The Morgan fingerprint density at radius 1 is 1.07 bits per heavy atom. The molecular weight excluding hydrogens is 515 g/mol. The number of carbonyl (C=O) groups excluding carboxylic acids is 1. The minimum atomic E-state index is -0.557. The molecule has 40 heavy (non-hydrogen) atoms. The van der Waals surface area contributed by atoms with E-state index in [2.05, 4.69) is 15.3 Å². The molecule has 2 aromatic heterocycles. The molecule has 1 amide bonds. The molecule has 208 valence electrons. The van der Waals surface area contributed by atoms with Crippen LogP contribution in [0.3, 0.4) is 0 Å². The van der Waals surface area contributed by atoms with Gasteiger partial charge in [-0.3, -0.25) is 4.79 Å². The number of benzene rings is 2. The number of anilines is 1. The number of aromatic nitrogens is 4. The molecule has 2 N–H and O–H groups in total. The van der Waals surface area contributed by atoms with Crippen LogP contribution in [0.25, 0.3) is 22.6 Å². The van der Waals surface area contributed by atoms with E-state index < -0.39 is 6.29 Å². The molecule has 0 saturated carbocycles. The number of hydrogen-bond acceptors (Lipinski definition) is 8. The summed E-state index contributed by atoms with van der Waals surface area (Å²) in [7, 11) is 5.05. The van der Waals surface area contributed by atoms with Crippen molar-refractivity contribution in [3.8, 4) is 28.4 Å². The molecule has 0 unspecified atom stereocenters. The van der Waals surface area contributed by atoms with Crippen molar-refractivity contribution >= 4 is 11.9 Å². The molecule has 1 fully saturated rings. The van der Waals surface area contributed by atoms with Crippen molar-refractivity contribution in [3.05, 3.63) is 78.0 Å². The van der Waals surface area contributed by atoms with Crippen LogP contribution < -0.4 is 10.1 Å². The number of carbonyl (C=O) groups is 1. The van der Waals surface area contributed by atoms with Gasteiger partial charge in [0, 0.05) is 32.4 Å². The van der Waals surface area contributed by atoms with Gasteiger partial charge in [-0.1, -0.05) is 12.1 Å². The second kappa shape index (κ2) is 12.2. The summed E-state index contributed by atoms with van der Waals surface area (Å²) in [6, 6.07) is 15.7. The summed E-state index contributed by atoms with van der Waals surface area (Å²) in [6.07, 6.45) is 1.45. The Morgan fingerprint density at radius 2 is 1.80 bits per heavy atom. The number of nitrogens with zero attached hydrogens (tertiary/aromatic N) is 4. The Kier molecular flexibility index (Phi) is 8.32. The van der Waals surface area contributed by atoms with E-state index in [9.17, 15) is 9.18 Å². The summed E-state index contributed by atoms with van der Waals surface area (Å²) in [5.74, 6) is 1.15. The van der Waals surface area contributed by atoms with Crippen LogP contribution in [-0.2, 0) is 27.2 Å². The van der Waals surface area contributed by atoms with Gasteiger partial charge in [-0.05, 0) is 48.0 Å². The lowest BCUT2D eigenvalue weighted by Gasteiger charge is -2.29. The third-order valence-electron chi connectivity index (χ3n) is 6.51. The van der Waals surface area contributed by atoms with Crippen molar-refractivity contribution in [2.75, 3.05) is 39.7 Å². The highest BCUT2D eigenvalue weighted by molar-refractivity contribution is 5.78. The highest BCUT2D eigenvalue weighted by Crippen LogP contribution is 2.30. The molecule has 1 aliphatic rings. The standard InChI is InChI=1S/C29H31FN6O4/c1-36(2)28(37)20-16-39-25(40-17-20)14-24-34-26(19-6-8-21(30)9-7-19)27(35-24)23-12-13-31-29(33-23)32-15-18-4-10-22(38-3)11-5-18/h4-13,20,25H,14-17H2,1-3H3,(H,34,35)(H,31,32,33). The molecule has 11 heteroatoms. The first-order chi connectivity index (χ1) is 19.4. The van der Waals surface area contributed by atoms with Gasteiger partial charge >= 0.3 is 0 Å². The van der Waals surface area contributed by atoms with Crippen molar-refractivity contribution in [2.24, 2.45) is 5.92 Å². The summed E-state index contributed by atoms with van der Waals surface area (Å²) >= 11 is 0. The van der Waals surface area contributed by atoms with Gasteiger partial charge in [-0.2, -0.15) is 0 Å². The van der Waals surface area contributed by atoms with E-state index in [0.29, 0.717) is 41.8 Å². The first-order valence-electron chi connectivity index (χ1n) is 12.9. The average molecular weight is 547 g/mol. The van der Waals surface area contributed by atoms with Crippen LogP contribution in [-0.4, -0.2) is 71.5 Å². The van der Waals surface area contributed by atoms with Gasteiger partial charge in [0.15, 0.2) is 6.29 Å². The van der Waals surface area contributed by atoms with Crippen LogP contribution in [0.5, 0.6) is 5.75 Å². The van der Waals surface area contributed by atoms with Gasteiger partial charge < -0.3 is 29.4 Å². The summed E-state index contributed by atoms with van der Waals surface area (Å²) in [5.41, 5.74) is 3.67. The molecule has 1 saturated heterocycles. The monoisotopic (exact) mass is 546 g/mol. The molecule has 0 aliphatic carbocycles. The molecule has 5 rings (SSSR count). The van der Waals surface area contributed by atoms with Gasteiger partial charge in [0.05, 0.1) is 49.7 Å². The normalized spacial score (nSPS) is 16.9. The van der Waals surface area contributed by atoms with E-state index in [-0.39, 0.29) is 30.9 Å². The van der Waals surface area contributed by atoms with Crippen LogP contribution in [0.4, 0.5) is 10.3 Å². The quantitative estimate of drug-likeness (QED) is 0.325. The van der Waals surface area contributed by atoms with Crippen LogP contribution in [0, 0.1) is 11.7 Å². The third kappa shape index (κ3) is 6.44. The van der Waals surface area contributed by atoms with E-state index in [0.717, 1.165) is 16.9 Å². The van der Waals surface area contributed by atoms with Crippen molar-refractivity contribution < 1.29 is 23.4 Å². The van der Waals surface area contributed by atoms with Crippen LogP contribution in [0.2, 0.25) is 0 Å². The molecule has 0 radical (unpaired) electrons. The zero-order chi connectivity index (χ0) is 28.1. The maximum absolute atomic E-state index is 13.7. The zero-order valence-electron chi connectivity index (χ0n) is 22.6. The van der Waals surface area contributed by atoms with Crippen LogP contribution in [0.1, 0.15) is 11.4 Å². The largest absolute Gasteiger partial charge is 0.497 e. The van der Waals surface area contributed by atoms with E-state index in [1.807, 2.05) is 24.3 Å². The minimum absolute atomic E-state index is 0.0301. The van der Waals surface area contributed by atoms with E-state index >= 15 is 0 Å². The smallest absolute Gasteiger partial charge is 0.229 e. The highest BCUT2D eigenvalue weighted by atomic mass is 19.1. The van der Waals surface area contributed by atoms with E-state index in [1.54, 1.807) is 45.6 Å². The first kappa shape index (κ1) is 27.2. The number of nitrogens with one attached hydrogen (secondary N) is 2. The number of aromatic amines is 1. The Bertz CT molecular complexity index is 1430. The Labute approximate surface area is 231 Å². The predicted octanol–water partition coefficient (Wildman–Crippen LogP) is 3.91. The Hall–Kier alpha value is -4.35. The predicted molar refractivity (Wildman–Crippen MR) is 147 cm³/mol. The lowest BCUT2D eigenvalue weighted by Crippen LogP contribution is -2.42. The van der Waals surface area contributed by atoms with Gasteiger partial charge in [0.2, 0.25) is 11.9 Å². The Morgan fingerprint density at radius 3 is 2.48 bits per heavy atom. The van der Waals surface area contributed by atoms with Crippen molar-refractivity contribution in [1.82, 2.24) is 24.8 Å². The van der Waals surface area contributed by atoms with E-state index in [1.165, 1.54) is 17.0 Å². The number of methoxy groups -OCH3 is 1. The summed E-state index contributed by atoms with van der Waals surface area (Å²) in [4.78, 5) is 31.0. The SMILES string of the molecule is COc1ccc(CNc2nccc(-c3[nH]c(CC4OCC(C(=O)N(C)C)CO4)nc3-c3ccc(F)cc3)n2)cc1. The van der Waals surface area contributed by atoms with Crippen molar-refractivity contribution in [2.45, 2.75) is 19.3 Å².